The van der Waals surface area contributed by atoms with Gasteiger partial charge in [-0.05, 0) is 40.5 Å². The van der Waals surface area contributed by atoms with Crippen LogP contribution in [0.4, 0.5) is 4.39 Å². The third-order valence-corrected chi connectivity index (χ3v) is 4.63. The lowest BCUT2D eigenvalue weighted by atomic mass is 10.1. The molecule has 0 fully saturated rings. The lowest BCUT2D eigenvalue weighted by Crippen LogP contribution is -2.18. The molecule has 0 saturated heterocycles. The van der Waals surface area contributed by atoms with Gasteiger partial charge in [0.2, 0.25) is 0 Å². The van der Waals surface area contributed by atoms with Gasteiger partial charge < -0.3 is 16.3 Å². The molecule has 0 aliphatic rings. The van der Waals surface area contributed by atoms with Crippen LogP contribution in [0.3, 0.4) is 0 Å². The molecular weight excluding hydrogens is 357 g/mol. The van der Waals surface area contributed by atoms with E-state index in [1.165, 1.54) is 10.9 Å². The van der Waals surface area contributed by atoms with Crippen molar-refractivity contribution in [2.24, 2.45) is 10.9 Å². The number of halogens is 2. The topological polar surface area (TPSA) is 70.6 Å². The number of oxime groups is 1. The van der Waals surface area contributed by atoms with Crippen molar-refractivity contribution in [1.29, 1.82) is 0 Å². The van der Waals surface area contributed by atoms with Gasteiger partial charge in [-0.2, -0.15) is 0 Å². The van der Waals surface area contributed by atoms with Crippen LogP contribution in [0.5, 0.6) is 0 Å². The Labute approximate surface area is 134 Å². The fourth-order valence-corrected chi connectivity index (χ4v) is 3.31. The van der Waals surface area contributed by atoms with Crippen LogP contribution >= 0.6 is 27.3 Å². The van der Waals surface area contributed by atoms with E-state index in [1.54, 1.807) is 23.5 Å². The van der Waals surface area contributed by atoms with Gasteiger partial charge in [0.15, 0.2) is 5.84 Å². The van der Waals surface area contributed by atoms with Crippen LogP contribution in [-0.4, -0.2) is 17.6 Å². The zero-order valence-corrected chi connectivity index (χ0v) is 13.5. The van der Waals surface area contributed by atoms with Crippen LogP contribution in [0.15, 0.2) is 39.3 Å². The van der Waals surface area contributed by atoms with E-state index in [2.05, 4.69) is 32.5 Å². The second-order valence-corrected chi connectivity index (χ2v) is 6.97. The van der Waals surface area contributed by atoms with Gasteiger partial charge in [-0.3, -0.25) is 0 Å². The summed E-state index contributed by atoms with van der Waals surface area (Å²) < 4.78 is 15.0. The number of hydrogen-bond acceptors (Lipinski definition) is 4. The van der Waals surface area contributed by atoms with Crippen LogP contribution in [0.25, 0.3) is 0 Å². The summed E-state index contributed by atoms with van der Waals surface area (Å²) in [6.45, 7) is 1.21. The summed E-state index contributed by atoms with van der Waals surface area (Å²) in [6, 6.07) is 8.62. The maximum absolute atomic E-state index is 13.9. The van der Waals surface area contributed by atoms with E-state index in [1.807, 2.05) is 6.07 Å². The third kappa shape index (κ3) is 4.52. The molecule has 0 radical (unpaired) electrons. The highest BCUT2D eigenvalue weighted by molar-refractivity contribution is 9.11. The molecule has 1 heterocycles. The zero-order valence-electron chi connectivity index (χ0n) is 11.1. The van der Waals surface area contributed by atoms with Gasteiger partial charge in [0.05, 0.1) is 3.79 Å². The minimum Gasteiger partial charge on any atom is -0.409 e. The van der Waals surface area contributed by atoms with E-state index in [-0.39, 0.29) is 11.7 Å². The Bertz CT molecular complexity index is 645. The third-order valence-electron chi connectivity index (χ3n) is 2.95. The SMILES string of the molecule is N/C(=N/O)c1ccc(CNCCc2ccc(Br)s2)c(F)c1. The Morgan fingerprint density at radius 2 is 2.19 bits per heavy atom. The fraction of sp³-hybridized carbons (Fsp3) is 0.214. The largest absolute Gasteiger partial charge is 0.409 e. The molecular formula is C14H15BrFN3OS. The van der Waals surface area contributed by atoms with E-state index in [0.717, 1.165) is 16.8 Å². The molecule has 0 aliphatic heterocycles. The van der Waals surface area contributed by atoms with Gasteiger partial charge in [0.1, 0.15) is 5.82 Å². The number of nitrogens with one attached hydrogen (secondary N) is 1. The van der Waals surface area contributed by atoms with Gasteiger partial charge >= 0.3 is 0 Å². The summed E-state index contributed by atoms with van der Waals surface area (Å²) in [5.74, 6) is -0.470. The molecule has 7 heteroatoms. The van der Waals surface area contributed by atoms with E-state index in [9.17, 15) is 4.39 Å². The van der Waals surface area contributed by atoms with Crippen molar-refractivity contribution in [3.05, 3.63) is 55.9 Å². The highest BCUT2D eigenvalue weighted by Gasteiger charge is 2.06. The second-order valence-electron chi connectivity index (χ2n) is 4.42. The molecule has 4 N–H and O–H groups in total. The minimum absolute atomic E-state index is 0.100. The second kappa shape index (κ2) is 7.53. The number of hydrogen-bond donors (Lipinski definition) is 3. The number of nitrogens with zero attached hydrogens (tertiary/aromatic N) is 1. The van der Waals surface area contributed by atoms with Crippen LogP contribution in [0, 0.1) is 5.82 Å². The summed E-state index contributed by atoms with van der Waals surface area (Å²) in [4.78, 5) is 1.28. The molecule has 2 aromatic rings. The lowest BCUT2D eigenvalue weighted by Gasteiger charge is -2.07. The van der Waals surface area contributed by atoms with Crippen molar-refractivity contribution >= 4 is 33.1 Å². The summed E-state index contributed by atoms with van der Waals surface area (Å²) in [7, 11) is 0. The molecule has 0 saturated carbocycles. The van der Waals surface area contributed by atoms with E-state index in [0.29, 0.717) is 17.7 Å². The van der Waals surface area contributed by atoms with Crippen molar-refractivity contribution in [1.82, 2.24) is 5.32 Å². The first-order chi connectivity index (χ1) is 10.1. The van der Waals surface area contributed by atoms with Crippen LogP contribution in [0.2, 0.25) is 0 Å². The van der Waals surface area contributed by atoms with Crippen molar-refractivity contribution < 1.29 is 9.60 Å². The monoisotopic (exact) mass is 371 g/mol. The average molecular weight is 372 g/mol. The molecule has 0 aliphatic carbocycles. The maximum atomic E-state index is 13.9. The Morgan fingerprint density at radius 1 is 1.38 bits per heavy atom. The predicted octanol–water partition coefficient (Wildman–Crippen LogP) is 3.08. The van der Waals surface area contributed by atoms with E-state index < -0.39 is 0 Å². The van der Waals surface area contributed by atoms with E-state index in [4.69, 9.17) is 10.9 Å². The molecule has 1 aromatic heterocycles. The standard InChI is InChI=1S/C14H15BrFN3OS/c15-13-4-3-11(21-13)5-6-18-8-10-2-1-9(7-12(10)16)14(17)19-20/h1-4,7,18,20H,5-6,8H2,(H2,17,19). The first-order valence-electron chi connectivity index (χ1n) is 6.31. The number of rotatable bonds is 6. The van der Waals surface area contributed by atoms with Crippen molar-refractivity contribution in [3.63, 3.8) is 0 Å². The Hall–Kier alpha value is -1.44. The molecule has 1 aromatic carbocycles. The first kappa shape index (κ1) is 15.9. The molecule has 112 valence electrons. The average Bonchev–Trinajstić information content (AvgIpc) is 2.89. The zero-order chi connectivity index (χ0) is 15.2. The first-order valence-corrected chi connectivity index (χ1v) is 7.92. The Morgan fingerprint density at radius 3 is 2.81 bits per heavy atom. The summed E-state index contributed by atoms with van der Waals surface area (Å²) in [5.41, 5.74) is 6.33. The number of thiophene rings is 1. The lowest BCUT2D eigenvalue weighted by molar-refractivity contribution is 0.318. The molecule has 2 rings (SSSR count). The summed E-state index contributed by atoms with van der Waals surface area (Å²) in [6.07, 6.45) is 0.903. The highest BCUT2D eigenvalue weighted by Crippen LogP contribution is 2.22. The van der Waals surface area contributed by atoms with Gasteiger partial charge in [-0.15, -0.1) is 11.3 Å². The van der Waals surface area contributed by atoms with Gasteiger partial charge in [0, 0.05) is 29.1 Å². The van der Waals surface area contributed by atoms with Crippen molar-refractivity contribution in [2.45, 2.75) is 13.0 Å². The normalized spacial score (nSPS) is 11.8. The molecule has 0 atom stereocenters. The summed E-state index contributed by atoms with van der Waals surface area (Å²) >= 11 is 5.12. The molecule has 0 unspecified atom stereocenters. The quantitative estimate of drug-likeness (QED) is 0.240. The van der Waals surface area contributed by atoms with Crippen molar-refractivity contribution in [2.75, 3.05) is 6.54 Å². The number of nitrogens with two attached hydrogens (primary N) is 1. The predicted molar refractivity (Wildman–Crippen MR) is 86.3 cm³/mol. The smallest absolute Gasteiger partial charge is 0.170 e. The molecule has 0 bridgehead atoms. The maximum Gasteiger partial charge on any atom is 0.170 e. The molecule has 0 amide bonds. The number of benzene rings is 1. The highest BCUT2D eigenvalue weighted by atomic mass is 79.9. The number of amidine groups is 1. The molecule has 21 heavy (non-hydrogen) atoms. The minimum atomic E-state index is -0.370. The van der Waals surface area contributed by atoms with Crippen LogP contribution in [-0.2, 0) is 13.0 Å². The Kier molecular flexibility index (Phi) is 5.72. The fourth-order valence-electron chi connectivity index (χ4n) is 1.83. The van der Waals surface area contributed by atoms with Gasteiger partial charge in [0.25, 0.3) is 0 Å². The summed E-state index contributed by atoms with van der Waals surface area (Å²) in [5, 5.41) is 14.6. The van der Waals surface area contributed by atoms with Gasteiger partial charge in [-0.25, -0.2) is 4.39 Å². The van der Waals surface area contributed by atoms with Crippen LogP contribution < -0.4 is 11.1 Å². The van der Waals surface area contributed by atoms with E-state index >= 15 is 0 Å². The van der Waals surface area contributed by atoms with Crippen LogP contribution in [0.1, 0.15) is 16.0 Å². The molecule has 4 nitrogen and oxygen atoms in total. The Balaban J connectivity index is 1.86. The van der Waals surface area contributed by atoms with Gasteiger partial charge in [-0.1, -0.05) is 17.3 Å². The molecule has 0 spiro atoms. The van der Waals surface area contributed by atoms with Crippen molar-refractivity contribution in [3.8, 4) is 0 Å².